The van der Waals surface area contributed by atoms with Gasteiger partial charge in [0.1, 0.15) is 6.10 Å². The number of amides is 1. The van der Waals surface area contributed by atoms with Gasteiger partial charge < -0.3 is 20.3 Å². The SMILES string of the molecule is CCCCC/C=C\C/C=C\CCCCCCCCCCCC(=O)OC(CCCCCCC/C=C\CCCCCC)CC(=O)NC(CO)C(O)CCCCCCCCCCC. The van der Waals surface area contributed by atoms with Gasteiger partial charge in [0.25, 0.3) is 0 Å². The molecule has 0 saturated heterocycles. The normalized spacial score (nSPS) is 13.5. The van der Waals surface area contributed by atoms with E-state index in [4.69, 9.17) is 4.74 Å². The minimum atomic E-state index is -0.787. The quantitative estimate of drug-likeness (QED) is 0.0322. The summed E-state index contributed by atoms with van der Waals surface area (Å²) < 4.78 is 5.93. The van der Waals surface area contributed by atoms with Crippen molar-refractivity contribution in [2.24, 2.45) is 0 Å². The minimum Gasteiger partial charge on any atom is -0.462 e. The first-order chi connectivity index (χ1) is 29.5. The van der Waals surface area contributed by atoms with Crippen LogP contribution in [-0.4, -0.2) is 46.9 Å². The molecule has 0 aliphatic rings. The lowest BCUT2D eigenvalue weighted by Crippen LogP contribution is -2.46. The van der Waals surface area contributed by atoms with Gasteiger partial charge in [0.05, 0.1) is 25.2 Å². The highest BCUT2D eigenvalue weighted by atomic mass is 16.5. The van der Waals surface area contributed by atoms with Gasteiger partial charge in [-0.05, 0) is 83.5 Å². The molecule has 3 unspecified atom stereocenters. The molecule has 1 amide bonds. The van der Waals surface area contributed by atoms with Gasteiger partial charge in [0.15, 0.2) is 0 Å². The second-order valence-electron chi connectivity index (χ2n) is 17.9. The lowest BCUT2D eigenvalue weighted by atomic mass is 10.0. The van der Waals surface area contributed by atoms with Gasteiger partial charge in [-0.3, -0.25) is 9.59 Å². The van der Waals surface area contributed by atoms with Crippen LogP contribution < -0.4 is 5.32 Å². The Morgan fingerprint density at radius 1 is 0.483 bits per heavy atom. The van der Waals surface area contributed by atoms with Crippen molar-refractivity contribution < 1.29 is 24.5 Å². The molecule has 3 atom stereocenters. The summed E-state index contributed by atoms with van der Waals surface area (Å²) in [5, 5.41) is 23.7. The van der Waals surface area contributed by atoms with Gasteiger partial charge in [-0.25, -0.2) is 0 Å². The Balaban J connectivity index is 4.51. The first-order valence-electron chi connectivity index (χ1n) is 26.2. The number of esters is 1. The largest absolute Gasteiger partial charge is 0.462 e. The van der Waals surface area contributed by atoms with E-state index < -0.39 is 18.2 Å². The number of unbranched alkanes of at least 4 members (excludes halogenated alkanes) is 29. The summed E-state index contributed by atoms with van der Waals surface area (Å²) in [6, 6.07) is -0.701. The molecule has 0 aromatic rings. The number of nitrogens with one attached hydrogen (secondary N) is 1. The number of hydrogen-bond donors (Lipinski definition) is 3. The van der Waals surface area contributed by atoms with Crippen molar-refractivity contribution >= 4 is 11.9 Å². The van der Waals surface area contributed by atoms with Gasteiger partial charge in [-0.1, -0.05) is 211 Å². The van der Waals surface area contributed by atoms with Crippen molar-refractivity contribution in [3.8, 4) is 0 Å². The zero-order valence-electron chi connectivity index (χ0n) is 40.1. The lowest BCUT2D eigenvalue weighted by Gasteiger charge is -2.24. The number of carbonyl (C=O) groups is 2. The molecule has 0 saturated carbocycles. The van der Waals surface area contributed by atoms with E-state index in [-0.39, 0.29) is 24.9 Å². The topological polar surface area (TPSA) is 95.9 Å². The van der Waals surface area contributed by atoms with Crippen LogP contribution in [0.15, 0.2) is 36.5 Å². The lowest BCUT2D eigenvalue weighted by molar-refractivity contribution is -0.151. The smallest absolute Gasteiger partial charge is 0.306 e. The fourth-order valence-electron chi connectivity index (χ4n) is 7.93. The van der Waals surface area contributed by atoms with Crippen LogP contribution in [0.1, 0.15) is 271 Å². The van der Waals surface area contributed by atoms with Crippen LogP contribution in [0.4, 0.5) is 0 Å². The van der Waals surface area contributed by atoms with Gasteiger partial charge in [0, 0.05) is 6.42 Å². The number of carbonyl (C=O) groups excluding carboxylic acids is 2. The van der Waals surface area contributed by atoms with E-state index in [1.54, 1.807) is 0 Å². The predicted molar refractivity (Wildman–Crippen MR) is 259 cm³/mol. The van der Waals surface area contributed by atoms with Crippen LogP contribution in [0, 0.1) is 0 Å². The molecule has 0 fully saturated rings. The molecule has 0 bridgehead atoms. The summed E-state index contributed by atoms with van der Waals surface area (Å²) in [4.78, 5) is 26.1. The van der Waals surface area contributed by atoms with E-state index in [1.807, 2.05) is 0 Å². The first kappa shape index (κ1) is 58.1. The molecule has 0 heterocycles. The Hall–Kier alpha value is -1.92. The summed E-state index contributed by atoms with van der Waals surface area (Å²) in [5.74, 6) is -0.479. The molecule has 6 nitrogen and oxygen atoms in total. The monoisotopic (exact) mass is 844 g/mol. The van der Waals surface area contributed by atoms with Crippen molar-refractivity contribution in [3.63, 3.8) is 0 Å². The summed E-state index contributed by atoms with van der Waals surface area (Å²) >= 11 is 0. The second kappa shape index (κ2) is 48.1. The Labute approximate surface area is 373 Å². The maximum Gasteiger partial charge on any atom is 0.306 e. The Morgan fingerprint density at radius 3 is 1.33 bits per heavy atom. The average molecular weight is 844 g/mol. The van der Waals surface area contributed by atoms with Crippen molar-refractivity contribution in [2.45, 2.75) is 289 Å². The number of ether oxygens (including phenoxy) is 1. The number of aliphatic hydroxyl groups excluding tert-OH is 2. The Morgan fingerprint density at radius 2 is 0.850 bits per heavy atom. The second-order valence-corrected chi connectivity index (χ2v) is 17.9. The summed E-state index contributed by atoms with van der Waals surface area (Å²) in [7, 11) is 0. The van der Waals surface area contributed by atoms with E-state index >= 15 is 0 Å². The van der Waals surface area contributed by atoms with Gasteiger partial charge in [0.2, 0.25) is 5.91 Å². The highest BCUT2D eigenvalue weighted by Crippen LogP contribution is 2.18. The molecule has 0 rings (SSSR count). The number of allylic oxidation sites excluding steroid dienone is 6. The fourth-order valence-corrected chi connectivity index (χ4v) is 7.93. The van der Waals surface area contributed by atoms with Crippen molar-refractivity contribution in [3.05, 3.63) is 36.5 Å². The molecule has 0 radical (unpaired) electrons. The third-order valence-electron chi connectivity index (χ3n) is 11.9. The summed E-state index contributed by atoms with van der Waals surface area (Å²) in [5.41, 5.74) is 0. The third kappa shape index (κ3) is 42.8. The molecule has 0 aliphatic heterocycles. The van der Waals surface area contributed by atoms with Crippen LogP contribution in [-0.2, 0) is 14.3 Å². The van der Waals surface area contributed by atoms with Crippen molar-refractivity contribution in [1.82, 2.24) is 5.32 Å². The molecule has 6 heteroatoms. The van der Waals surface area contributed by atoms with Crippen LogP contribution in [0.5, 0.6) is 0 Å². The van der Waals surface area contributed by atoms with Gasteiger partial charge in [-0.15, -0.1) is 0 Å². The van der Waals surface area contributed by atoms with E-state index in [0.717, 1.165) is 70.6 Å². The molecule has 0 aromatic heterocycles. The van der Waals surface area contributed by atoms with Gasteiger partial charge in [-0.2, -0.15) is 0 Å². The van der Waals surface area contributed by atoms with E-state index in [0.29, 0.717) is 19.3 Å². The van der Waals surface area contributed by atoms with Gasteiger partial charge >= 0.3 is 5.97 Å². The molecule has 0 aliphatic carbocycles. The third-order valence-corrected chi connectivity index (χ3v) is 11.9. The van der Waals surface area contributed by atoms with Crippen LogP contribution in [0.25, 0.3) is 0 Å². The number of hydrogen-bond acceptors (Lipinski definition) is 5. The molecule has 60 heavy (non-hydrogen) atoms. The maximum absolute atomic E-state index is 13.2. The minimum absolute atomic E-state index is 0.0723. The van der Waals surface area contributed by atoms with Crippen LogP contribution >= 0.6 is 0 Å². The number of aliphatic hydroxyl groups is 2. The molecular weight excluding hydrogens is 743 g/mol. The van der Waals surface area contributed by atoms with E-state index in [2.05, 4.69) is 62.5 Å². The predicted octanol–water partition coefficient (Wildman–Crippen LogP) is 15.7. The maximum atomic E-state index is 13.2. The standard InChI is InChI=1S/C54H101NO5/c1-4-7-10-13-16-19-21-23-24-25-26-27-28-30-32-35-38-41-44-47-54(59)60-50(45-42-39-36-34-31-29-22-20-17-14-11-8-5-2)48-53(58)55-51(49-56)52(57)46-43-40-37-33-18-15-12-9-6-3/h16,19-20,22-24,50-52,56-57H,4-15,17-18,21,25-49H2,1-3H3,(H,55,58)/b19-16-,22-20-,24-23-. The number of rotatable bonds is 47. The fraction of sp³-hybridized carbons (Fsp3) is 0.852. The Bertz CT molecular complexity index is 993. The van der Waals surface area contributed by atoms with Crippen LogP contribution in [0.2, 0.25) is 0 Å². The molecule has 3 N–H and O–H groups in total. The summed E-state index contributed by atoms with van der Waals surface area (Å²) in [6.45, 7) is 6.43. The molecule has 0 spiro atoms. The summed E-state index contributed by atoms with van der Waals surface area (Å²) in [6.07, 6.45) is 56.4. The van der Waals surface area contributed by atoms with Crippen molar-refractivity contribution in [2.75, 3.05) is 6.61 Å². The Kier molecular flexibility index (Phi) is 46.6. The first-order valence-corrected chi connectivity index (χ1v) is 26.2. The molecule has 0 aromatic carbocycles. The molecular formula is C54H101NO5. The average Bonchev–Trinajstić information content (AvgIpc) is 3.24. The molecule has 352 valence electrons. The zero-order valence-corrected chi connectivity index (χ0v) is 40.1. The highest BCUT2D eigenvalue weighted by Gasteiger charge is 2.24. The van der Waals surface area contributed by atoms with Crippen LogP contribution in [0.3, 0.4) is 0 Å². The van der Waals surface area contributed by atoms with Crippen molar-refractivity contribution in [1.29, 1.82) is 0 Å². The highest BCUT2D eigenvalue weighted by molar-refractivity contribution is 5.77. The van der Waals surface area contributed by atoms with E-state index in [9.17, 15) is 19.8 Å². The van der Waals surface area contributed by atoms with E-state index in [1.165, 1.54) is 154 Å². The zero-order chi connectivity index (χ0) is 43.8.